The monoisotopic (exact) mass is 281 g/mol. The third kappa shape index (κ3) is 2.67. The number of benzene rings is 2. The van der Waals surface area contributed by atoms with Gasteiger partial charge in [0.2, 0.25) is 0 Å². The molecular formula is C16H12FN3O. The fourth-order valence-electron chi connectivity index (χ4n) is 2.02. The number of anilines is 2. The molecule has 104 valence electrons. The molecule has 2 aromatic carbocycles. The molecule has 0 bridgehead atoms. The van der Waals surface area contributed by atoms with Crippen molar-refractivity contribution in [2.75, 3.05) is 11.1 Å². The number of nitrogens with one attached hydrogen (secondary N) is 1. The first-order valence-corrected chi connectivity index (χ1v) is 6.36. The highest BCUT2D eigenvalue weighted by Crippen LogP contribution is 2.19. The van der Waals surface area contributed by atoms with Crippen molar-refractivity contribution in [2.24, 2.45) is 0 Å². The number of halogens is 1. The number of para-hydroxylation sites is 1. The number of pyridine rings is 1. The van der Waals surface area contributed by atoms with Gasteiger partial charge in [-0.25, -0.2) is 9.37 Å². The predicted octanol–water partition coefficient (Wildman–Crippen LogP) is 3.21. The molecule has 3 rings (SSSR count). The average molecular weight is 281 g/mol. The lowest BCUT2D eigenvalue weighted by molar-refractivity contribution is 0.102. The molecule has 1 aromatic heterocycles. The molecule has 5 heteroatoms. The minimum absolute atomic E-state index is 0.0370. The minimum atomic E-state index is -0.543. The van der Waals surface area contributed by atoms with Gasteiger partial charge in [-0.05, 0) is 30.3 Å². The van der Waals surface area contributed by atoms with Crippen LogP contribution >= 0.6 is 0 Å². The first-order chi connectivity index (χ1) is 10.1. The van der Waals surface area contributed by atoms with Crippen LogP contribution in [0.4, 0.5) is 15.8 Å². The van der Waals surface area contributed by atoms with Gasteiger partial charge in [0.1, 0.15) is 11.5 Å². The molecule has 1 heterocycles. The molecule has 0 aliphatic rings. The molecule has 0 spiro atoms. The molecule has 0 radical (unpaired) electrons. The quantitative estimate of drug-likeness (QED) is 0.709. The second-order valence-electron chi connectivity index (χ2n) is 4.58. The number of carbonyl (C=O) groups excluding carboxylic acids is 1. The average Bonchev–Trinajstić information content (AvgIpc) is 2.50. The van der Waals surface area contributed by atoms with Gasteiger partial charge in [-0.2, -0.15) is 0 Å². The Balaban J connectivity index is 1.91. The molecule has 0 aliphatic carbocycles. The van der Waals surface area contributed by atoms with Crippen LogP contribution in [-0.2, 0) is 0 Å². The predicted molar refractivity (Wildman–Crippen MR) is 80.5 cm³/mol. The van der Waals surface area contributed by atoms with Gasteiger partial charge in [0.25, 0.3) is 5.91 Å². The normalized spacial score (nSPS) is 10.5. The van der Waals surface area contributed by atoms with Gasteiger partial charge in [-0.1, -0.05) is 24.3 Å². The van der Waals surface area contributed by atoms with Crippen LogP contribution < -0.4 is 11.1 Å². The number of nitrogens with two attached hydrogens (primary N) is 1. The number of rotatable bonds is 2. The zero-order valence-electron chi connectivity index (χ0n) is 11.0. The number of carbonyl (C=O) groups is 1. The Bertz CT molecular complexity index is 833. The summed E-state index contributed by atoms with van der Waals surface area (Å²) in [5.41, 5.74) is 6.92. The van der Waals surface area contributed by atoms with E-state index in [1.54, 1.807) is 12.1 Å². The number of nitrogen functional groups attached to an aromatic ring is 1. The van der Waals surface area contributed by atoms with Crippen LogP contribution in [0.3, 0.4) is 0 Å². The van der Waals surface area contributed by atoms with Gasteiger partial charge in [0.15, 0.2) is 0 Å². The molecule has 0 saturated carbocycles. The standard InChI is InChI=1S/C16H12FN3O/c17-12-7-6-11(18)9-15(12)20-16(21)14-8-5-10-3-1-2-4-13(10)19-14/h1-9H,18H2,(H,20,21). The Hall–Kier alpha value is -2.95. The third-order valence-corrected chi connectivity index (χ3v) is 3.07. The lowest BCUT2D eigenvalue weighted by atomic mass is 10.2. The van der Waals surface area contributed by atoms with Gasteiger partial charge >= 0.3 is 0 Å². The number of fused-ring (bicyclic) bond motifs is 1. The molecule has 3 N–H and O–H groups in total. The zero-order valence-corrected chi connectivity index (χ0v) is 11.0. The number of hydrogen-bond donors (Lipinski definition) is 2. The van der Waals surface area contributed by atoms with E-state index in [-0.39, 0.29) is 11.4 Å². The smallest absolute Gasteiger partial charge is 0.274 e. The number of aromatic nitrogens is 1. The topological polar surface area (TPSA) is 68.0 Å². The first kappa shape index (κ1) is 13.1. The van der Waals surface area contributed by atoms with E-state index in [1.165, 1.54) is 18.2 Å². The molecule has 3 aromatic rings. The van der Waals surface area contributed by atoms with Crippen LogP contribution in [0.5, 0.6) is 0 Å². The van der Waals surface area contributed by atoms with Crippen molar-refractivity contribution in [3.8, 4) is 0 Å². The second-order valence-corrected chi connectivity index (χ2v) is 4.58. The summed E-state index contributed by atoms with van der Waals surface area (Å²) in [7, 11) is 0. The maximum atomic E-state index is 13.6. The molecule has 0 unspecified atom stereocenters. The van der Waals surface area contributed by atoms with E-state index in [1.807, 2.05) is 24.3 Å². The Labute approximate surface area is 120 Å². The fraction of sp³-hybridized carbons (Fsp3) is 0. The highest BCUT2D eigenvalue weighted by molar-refractivity contribution is 6.04. The van der Waals surface area contributed by atoms with Crippen LogP contribution in [0.25, 0.3) is 10.9 Å². The van der Waals surface area contributed by atoms with E-state index in [0.29, 0.717) is 11.2 Å². The van der Waals surface area contributed by atoms with Gasteiger partial charge in [0.05, 0.1) is 11.2 Å². The van der Waals surface area contributed by atoms with Crippen molar-refractivity contribution in [3.63, 3.8) is 0 Å². The Morgan fingerprint density at radius 3 is 2.76 bits per heavy atom. The van der Waals surface area contributed by atoms with Gasteiger partial charge in [0, 0.05) is 11.1 Å². The van der Waals surface area contributed by atoms with E-state index in [0.717, 1.165) is 5.39 Å². The maximum Gasteiger partial charge on any atom is 0.274 e. The van der Waals surface area contributed by atoms with Crippen LogP contribution in [0.15, 0.2) is 54.6 Å². The van der Waals surface area contributed by atoms with Crippen LogP contribution in [0.2, 0.25) is 0 Å². The third-order valence-electron chi connectivity index (χ3n) is 3.07. The highest BCUT2D eigenvalue weighted by atomic mass is 19.1. The highest BCUT2D eigenvalue weighted by Gasteiger charge is 2.11. The van der Waals surface area contributed by atoms with E-state index in [9.17, 15) is 9.18 Å². The zero-order chi connectivity index (χ0) is 14.8. The van der Waals surface area contributed by atoms with E-state index in [4.69, 9.17) is 5.73 Å². The number of nitrogens with zero attached hydrogens (tertiary/aromatic N) is 1. The molecule has 4 nitrogen and oxygen atoms in total. The van der Waals surface area contributed by atoms with Gasteiger partial charge in [-0.15, -0.1) is 0 Å². The van der Waals surface area contributed by atoms with Crippen molar-refractivity contribution in [1.29, 1.82) is 0 Å². The maximum absolute atomic E-state index is 13.6. The molecule has 0 atom stereocenters. The van der Waals surface area contributed by atoms with Crippen LogP contribution in [-0.4, -0.2) is 10.9 Å². The summed E-state index contributed by atoms with van der Waals surface area (Å²) < 4.78 is 13.6. The van der Waals surface area contributed by atoms with Gasteiger partial charge in [-0.3, -0.25) is 4.79 Å². The largest absolute Gasteiger partial charge is 0.399 e. The Morgan fingerprint density at radius 1 is 1.10 bits per heavy atom. The summed E-state index contributed by atoms with van der Waals surface area (Å²) in [6, 6.07) is 14.9. The first-order valence-electron chi connectivity index (χ1n) is 6.36. The van der Waals surface area contributed by atoms with E-state index >= 15 is 0 Å². The van der Waals surface area contributed by atoms with Gasteiger partial charge < -0.3 is 11.1 Å². The van der Waals surface area contributed by atoms with Crippen molar-refractivity contribution in [3.05, 3.63) is 66.1 Å². The lowest BCUT2D eigenvalue weighted by Crippen LogP contribution is -2.14. The van der Waals surface area contributed by atoms with Crippen molar-refractivity contribution < 1.29 is 9.18 Å². The molecule has 0 fully saturated rings. The Kier molecular flexibility index (Phi) is 3.23. The molecule has 0 saturated heterocycles. The van der Waals surface area contributed by atoms with Crippen molar-refractivity contribution >= 4 is 28.2 Å². The summed E-state index contributed by atoms with van der Waals surface area (Å²) >= 11 is 0. The molecular weight excluding hydrogens is 269 g/mol. The summed E-state index contributed by atoms with van der Waals surface area (Å²) in [5, 5.41) is 3.41. The molecule has 21 heavy (non-hydrogen) atoms. The van der Waals surface area contributed by atoms with E-state index < -0.39 is 11.7 Å². The van der Waals surface area contributed by atoms with Crippen LogP contribution in [0.1, 0.15) is 10.5 Å². The lowest BCUT2D eigenvalue weighted by Gasteiger charge is -2.07. The van der Waals surface area contributed by atoms with E-state index in [2.05, 4.69) is 10.3 Å². The minimum Gasteiger partial charge on any atom is -0.399 e. The fourth-order valence-corrected chi connectivity index (χ4v) is 2.02. The summed E-state index contributed by atoms with van der Waals surface area (Å²) in [4.78, 5) is 16.4. The van der Waals surface area contributed by atoms with Crippen LogP contribution in [0, 0.1) is 5.82 Å². The SMILES string of the molecule is Nc1ccc(F)c(NC(=O)c2ccc3ccccc3n2)c1. The summed E-state index contributed by atoms with van der Waals surface area (Å²) in [6.45, 7) is 0. The summed E-state index contributed by atoms with van der Waals surface area (Å²) in [5.74, 6) is -1.02. The van der Waals surface area contributed by atoms with Crippen molar-refractivity contribution in [2.45, 2.75) is 0 Å². The second kappa shape index (κ2) is 5.20. The number of hydrogen-bond acceptors (Lipinski definition) is 3. The summed E-state index contributed by atoms with van der Waals surface area (Å²) in [6.07, 6.45) is 0. The number of amides is 1. The van der Waals surface area contributed by atoms with Crippen molar-refractivity contribution in [1.82, 2.24) is 4.98 Å². The molecule has 1 amide bonds. The Morgan fingerprint density at radius 2 is 1.90 bits per heavy atom. The molecule has 0 aliphatic heterocycles.